The summed E-state index contributed by atoms with van der Waals surface area (Å²) in [7, 11) is 0. The second-order valence-electron chi connectivity index (χ2n) is 5.34. The molecule has 2 saturated heterocycles. The predicted octanol–water partition coefficient (Wildman–Crippen LogP) is 1.90. The van der Waals surface area contributed by atoms with E-state index in [9.17, 15) is 9.18 Å². The Morgan fingerprint density at radius 3 is 2.91 bits per heavy atom. The van der Waals surface area contributed by atoms with E-state index in [4.69, 9.17) is 27.9 Å². The van der Waals surface area contributed by atoms with Crippen molar-refractivity contribution in [3.8, 4) is 0 Å². The fourth-order valence-electron chi connectivity index (χ4n) is 2.71. The summed E-state index contributed by atoms with van der Waals surface area (Å²) >= 11 is 11.8. The largest absolute Gasteiger partial charge is 0.370 e. The van der Waals surface area contributed by atoms with Crippen molar-refractivity contribution in [2.24, 2.45) is 0 Å². The van der Waals surface area contributed by atoms with E-state index in [1.807, 2.05) is 0 Å². The molecule has 0 aliphatic carbocycles. The fraction of sp³-hybridized carbons (Fsp3) is 0.500. The van der Waals surface area contributed by atoms with Crippen molar-refractivity contribution in [2.75, 3.05) is 26.2 Å². The van der Waals surface area contributed by atoms with Gasteiger partial charge in [-0.3, -0.25) is 10.2 Å². The van der Waals surface area contributed by atoms with Crippen molar-refractivity contribution in [1.29, 1.82) is 0 Å². The number of hydrazine groups is 1. The van der Waals surface area contributed by atoms with Crippen LogP contribution >= 0.6 is 23.2 Å². The van der Waals surface area contributed by atoms with Crippen molar-refractivity contribution in [1.82, 2.24) is 15.8 Å². The highest BCUT2D eigenvalue weighted by Gasteiger charge is 2.32. The second-order valence-corrected chi connectivity index (χ2v) is 6.16. The van der Waals surface area contributed by atoms with Crippen LogP contribution in [-0.2, 0) is 9.53 Å². The van der Waals surface area contributed by atoms with E-state index in [1.54, 1.807) is 4.90 Å². The molecule has 5 nitrogen and oxygen atoms in total. The maximum Gasteiger partial charge on any atom is 0.241 e. The normalized spacial score (nSPS) is 25.5. The van der Waals surface area contributed by atoms with Gasteiger partial charge in [-0.1, -0.05) is 23.2 Å². The second kappa shape index (κ2) is 6.68. The Balaban J connectivity index is 1.75. The predicted molar refractivity (Wildman–Crippen MR) is 81.2 cm³/mol. The summed E-state index contributed by atoms with van der Waals surface area (Å²) in [6.45, 7) is 2.01. The van der Waals surface area contributed by atoms with Crippen LogP contribution in [-0.4, -0.2) is 43.1 Å². The standard InChI is InChI=1S/C14H16Cl2FN3O2/c15-9-6-10(16)11(17)5-8(9)13-7-20(3-4-22-13)14(21)12-1-2-18-19-12/h5-6,12-13,18-19H,1-4,7H2. The molecule has 0 aromatic heterocycles. The van der Waals surface area contributed by atoms with Crippen LogP contribution < -0.4 is 10.9 Å². The number of nitrogens with zero attached hydrogens (tertiary/aromatic N) is 1. The molecule has 2 atom stereocenters. The van der Waals surface area contributed by atoms with Crippen molar-refractivity contribution >= 4 is 29.1 Å². The summed E-state index contributed by atoms with van der Waals surface area (Å²) in [5, 5.41) is 0.310. The molecule has 0 spiro atoms. The van der Waals surface area contributed by atoms with Crippen molar-refractivity contribution in [2.45, 2.75) is 18.6 Å². The number of ether oxygens (including phenoxy) is 1. The first-order chi connectivity index (χ1) is 10.6. The van der Waals surface area contributed by atoms with E-state index in [1.165, 1.54) is 12.1 Å². The summed E-state index contributed by atoms with van der Waals surface area (Å²) in [6, 6.07) is 2.41. The molecule has 120 valence electrons. The number of amides is 1. The maximum absolute atomic E-state index is 13.7. The zero-order valence-corrected chi connectivity index (χ0v) is 13.3. The van der Waals surface area contributed by atoms with Gasteiger partial charge in [0.1, 0.15) is 18.0 Å². The zero-order chi connectivity index (χ0) is 15.7. The average molecular weight is 348 g/mol. The Morgan fingerprint density at radius 2 is 2.18 bits per heavy atom. The van der Waals surface area contributed by atoms with Gasteiger partial charge < -0.3 is 9.64 Å². The molecule has 22 heavy (non-hydrogen) atoms. The third-order valence-corrected chi connectivity index (χ3v) is 4.51. The highest BCUT2D eigenvalue weighted by Crippen LogP contribution is 2.32. The van der Waals surface area contributed by atoms with E-state index in [2.05, 4.69) is 10.9 Å². The van der Waals surface area contributed by atoms with Crippen LogP contribution in [0.5, 0.6) is 0 Å². The summed E-state index contributed by atoms with van der Waals surface area (Å²) in [5.41, 5.74) is 6.41. The lowest BCUT2D eigenvalue weighted by Gasteiger charge is -2.34. The molecular weight excluding hydrogens is 332 g/mol. The van der Waals surface area contributed by atoms with Gasteiger partial charge in [0.2, 0.25) is 5.91 Å². The molecule has 0 radical (unpaired) electrons. The monoisotopic (exact) mass is 347 g/mol. The van der Waals surface area contributed by atoms with E-state index in [0.717, 1.165) is 13.0 Å². The van der Waals surface area contributed by atoms with E-state index in [0.29, 0.717) is 30.3 Å². The molecular formula is C14H16Cl2FN3O2. The van der Waals surface area contributed by atoms with Crippen LogP contribution in [0.1, 0.15) is 18.1 Å². The van der Waals surface area contributed by atoms with Crippen LogP contribution in [0.3, 0.4) is 0 Å². The Hall–Kier alpha value is -0.920. The number of carbonyl (C=O) groups is 1. The number of hydrogen-bond acceptors (Lipinski definition) is 4. The lowest BCUT2D eigenvalue weighted by Crippen LogP contribution is -2.50. The minimum atomic E-state index is -0.547. The van der Waals surface area contributed by atoms with Crippen LogP contribution in [0.2, 0.25) is 10.0 Å². The molecule has 0 saturated carbocycles. The average Bonchev–Trinajstić information content (AvgIpc) is 3.04. The van der Waals surface area contributed by atoms with E-state index >= 15 is 0 Å². The molecule has 1 aromatic carbocycles. The quantitative estimate of drug-likeness (QED) is 0.802. The van der Waals surface area contributed by atoms with Gasteiger partial charge in [-0.05, 0) is 18.6 Å². The number of halogens is 3. The maximum atomic E-state index is 13.7. The lowest BCUT2D eigenvalue weighted by molar-refractivity contribution is -0.141. The molecule has 8 heteroatoms. The Morgan fingerprint density at radius 1 is 1.36 bits per heavy atom. The molecule has 2 unspecified atom stereocenters. The summed E-state index contributed by atoms with van der Waals surface area (Å²) < 4.78 is 19.3. The number of nitrogens with one attached hydrogen (secondary N) is 2. The number of hydrogen-bond donors (Lipinski definition) is 2. The van der Waals surface area contributed by atoms with Crippen LogP contribution in [0.4, 0.5) is 4.39 Å². The van der Waals surface area contributed by atoms with Gasteiger partial charge in [-0.15, -0.1) is 0 Å². The molecule has 2 N–H and O–H groups in total. The Labute approximate surface area is 137 Å². The third-order valence-electron chi connectivity index (χ3n) is 3.90. The molecule has 2 fully saturated rings. The topological polar surface area (TPSA) is 53.6 Å². The summed E-state index contributed by atoms with van der Waals surface area (Å²) in [6.07, 6.45) is 0.295. The van der Waals surface area contributed by atoms with Crippen LogP contribution in [0.25, 0.3) is 0 Å². The minimum Gasteiger partial charge on any atom is -0.370 e. The molecule has 1 amide bonds. The van der Waals surface area contributed by atoms with Gasteiger partial charge >= 0.3 is 0 Å². The number of morpholine rings is 1. The number of rotatable bonds is 2. The van der Waals surface area contributed by atoms with E-state index < -0.39 is 11.9 Å². The molecule has 3 rings (SSSR count). The third kappa shape index (κ3) is 3.21. The molecule has 2 aliphatic heterocycles. The van der Waals surface area contributed by atoms with E-state index in [-0.39, 0.29) is 17.0 Å². The van der Waals surface area contributed by atoms with Gasteiger partial charge in [-0.25, -0.2) is 9.82 Å². The number of benzene rings is 1. The Bertz CT molecular complexity index is 581. The fourth-order valence-corrected chi connectivity index (χ4v) is 3.22. The van der Waals surface area contributed by atoms with Gasteiger partial charge in [0.15, 0.2) is 0 Å². The smallest absolute Gasteiger partial charge is 0.241 e. The summed E-state index contributed by atoms with van der Waals surface area (Å²) in [4.78, 5) is 14.1. The first-order valence-electron chi connectivity index (χ1n) is 7.09. The van der Waals surface area contributed by atoms with Crippen molar-refractivity contribution in [3.05, 3.63) is 33.6 Å². The van der Waals surface area contributed by atoms with Crippen molar-refractivity contribution in [3.63, 3.8) is 0 Å². The highest BCUT2D eigenvalue weighted by molar-refractivity contribution is 6.35. The molecule has 0 bridgehead atoms. The Kier molecular flexibility index (Phi) is 4.84. The highest BCUT2D eigenvalue weighted by atomic mass is 35.5. The van der Waals surface area contributed by atoms with Crippen LogP contribution in [0.15, 0.2) is 12.1 Å². The molecule has 2 aliphatic rings. The molecule has 2 heterocycles. The minimum absolute atomic E-state index is 0.0175. The SMILES string of the molecule is O=C(C1CCNN1)N1CCOC(c2cc(F)c(Cl)cc2Cl)C1. The van der Waals surface area contributed by atoms with Crippen LogP contribution in [0, 0.1) is 5.82 Å². The van der Waals surface area contributed by atoms with Gasteiger partial charge in [0.25, 0.3) is 0 Å². The van der Waals surface area contributed by atoms with Crippen molar-refractivity contribution < 1.29 is 13.9 Å². The van der Waals surface area contributed by atoms with Gasteiger partial charge in [0.05, 0.1) is 18.2 Å². The first kappa shape index (κ1) is 16.0. The number of carbonyl (C=O) groups excluding carboxylic acids is 1. The zero-order valence-electron chi connectivity index (χ0n) is 11.7. The lowest BCUT2D eigenvalue weighted by atomic mass is 10.1. The first-order valence-corrected chi connectivity index (χ1v) is 7.85. The summed E-state index contributed by atoms with van der Waals surface area (Å²) in [5.74, 6) is -0.529. The molecule has 1 aromatic rings. The van der Waals surface area contributed by atoms with Gasteiger partial charge in [0, 0.05) is 23.7 Å². The van der Waals surface area contributed by atoms with Gasteiger partial charge in [-0.2, -0.15) is 0 Å².